The van der Waals surface area contributed by atoms with Crippen molar-refractivity contribution in [3.8, 4) is 0 Å². The molecular weight excluding hydrogens is 450 g/mol. The van der Waals surface area contributed by atoms with Gasteiger partial charge in [-0.05, 0) is 55.9 Å². The van der Waals surface area contributed by atoms with Crippen molar-refractivity contribution in [3.63, 3.8) is 0 Å². The Bertz CT molecular complexity index is 821. The predicted molar refractivity (Wildman–Crippen MR) is 134 cm³/mol. The first-order valence-electron chi connectivity index (χ1n) is 13.0. The topological polar surface area (TPSA) is 95.9 Å². The third-order valence-corrected chi connectivity index (χ3v) is 11.8. The lowest BCUT2D eigenvalue weighted by molar-refractivity contribution is -0.205. The summed E-state index contributed by atoms with van der Waals surface area (Å²) in [5.41, 5.74) is -1.37. The number of β-amino-alcohol motifs (C(OH)–C–C–N with tert-alkyl or cyclic N) is 1. The van der Waals surface area contributed by atoms with E-state index in [0.29, 0.717) is 19.4 Å². The summed E-state index contributed by atoms with van der Waals surface area (Å²) in [5, 5.41) is 25.0. The molecule has 0 aromatic heterocycles. The number of ether oxygens (including phenoxy) is 1. The van der Waals surface area contributed by atoms with Crippen LogP contribution in [0.15, 0.2) is 12.7 Å². The largest absolute Gasteiger partial charge is 0.461 e. The van der Waals surface area contributed by atoms with Gasteiger partial charge in [-0.2, -0.15) is 0 Å². The second-order valence-corrected chi connectivity index (χ2v) is 13.2. The second kappa shape index (κ2) is 9.53. The zero-order chi connectivity index (χ0) is 24.9. The Balaban J connectivity index is 1.65. The van der Waals surface area contributed by atoms with Crippen molar-refractivity contribution < 1.29 is 24.5 Å². The van der Waals surface area contributed by atoms with Gasteiger partial charge in [0, 0.05) is 35.0 Å². The first-order valence-corrected chi connectivity index (χ1v) is 14.1. The van der Waals surface area contributed by atoms with Crippen molar-refractivity contribution >= 4 is 23.5 Å². The highest BCUT2D eigenvalue weighted by molar-refractivity contribution is 8.00. The van der Waals surface area contributed by atoms with Crippen LogP contribution in [0.2, 0.25) is 0 Å². The maximum absolute atomic E-state index is 13.4. The van der Waals surface area contributed by atoms with E-state index in [2.05, 4.69) is 32.7 Å². The van der Waals surface area contributed by atoms with Gasteiger partial charge in [-0.1, -0.05) is 33.8 Å². The average molecular weight is 494 g/mol. The number of carbonyl (C=O) groups excluding carboxylic acids is 2. The summed E-state index contributed by atoms with van der Waals surface area (Å²) in [4.78, 5) is 26.6. The molecule has 0 spiro atoms. The van der Waals surface area contributed by atoms with Gasteiger partial charge in [-0.25, -0.2) is 0 Å². The molecule has 0 aromatic rings. The van der Waals surface area contributed by atoms with E-state index in [9.17, 15) is 19.8 Å². The zero-order valence-corrected chi connectivity index (χ0v) is 22.0. The number of esters is 1. The van der Waals surface area contributed by atoms with Crippen LogP contribution >= 0.6 is 11.8 Å². The van der Waals surface area contributed by atoms with Crippen molar-refractivity contribution in [2.75, 3.05) is 18.8 Å². The molecule has 34 heavy (non-hydrogen) atoms. The van der Waals surface area contributed by atoms with E-state index in [4.69, 9.17) is 4.74 Å². The van der Waals surface area contributed by atoms with Gasteiger partial charge in [-0.3, -0.25) is 9.59 Å². The number of hydrogen-bond acceptors (Lipinski definition) is 7. The van der Waals surface area contributed by atoms with E-state index in [-0.39, 0.29) is 45.9 Å². The van der Waals surface area contributed by atoms with E-state index >= 15 is 0 Å². The normalized spacial score (nSPS) is 49.0. The lowest BCUT2D eigenvalue weighted by Gasteiger charge is -2.61. The van der Waals surface area contributed by atoms with Gasteiger partial charge in [0.25, 0.3) is 0 Å². The van der Waals surface area contributed by atoms with E-state index in [1.807, 2.05) is 13.0 Å². The van der Waals surface area contributed by atoms with Crippen LogP contribution in [0.5, 0.6) is 0 Å². The summed E-state index contributed by atoms with van der Waals surface area (Å²) in [6, 6.07) is 0. The molecule has 1 heterocycles. The fourth-order valence-corrected chi connectivity index (χ4v) is 8.90. The molecule has 1 saturated heterocycles. The van der Waals surface area contributed by atoms with Gasteiger partial charge in [0.15, 0.2) is 0 Å². The van der Waals surface area contributed by atoms with E-state index in [1.54, 1.807) is 0 Å². The monoisotopic (exact) mass is 493 g/mol. The van der Waals surface area contributed by atoms with E-state index in [0.717, 1.165) is 32.2 Å². The first-order chi connectivity index (χ1) is 16.0. The first kappa shape index (κ1) is 26.2. The minimum atomic E-state index is -0.656. The fraction of sp³-hybridized carbons (Fsp3) is 0.852. The SMILES string of the molecule is C=C[C@]1(C)C[C@@H](OC(=O)CSC2CCNCC2O)[C@@]2(C)C3C(=O)CC[C@@]3(CC[C@H]2C)[C@@H](C)[C@@H]1O. The number of Topliss-reactive ketones (excluding diaryl/α,β-unsaturated/α-hetero) is 1. The number of rotatable bonds is 5. The molecule has 4 aliphatic rings. The van der Waals surface area contributed by atoms with Crippen LogP contribution in [0.4, 0.5) is 0 Å². The van der Waals surface area contributed by atoms with Crippen molar-refractivity contribution in [1.29, 1.82) is 0 Å². The molecular formula is C27H43NO5S. The van der Waals surface area contributed by atoms with Gasteiger partial charge in [0.1, 0.15) is 11.9 Å². The number of thioether (sulfide) groups is 1. The molecule has 3 N–H and O–H groups in total. The summed E-state index contributed by atoms with van der Waals surface area (Å²) in [6.45, 7) is 13.9. The lowest BCUT2D eigenvalue weighted by Crippen LogP contribution is -2.63. The van der Waals surface area contributed by atoms with Crippen LogP contribution in [0.25, 0.3) is 0 Å². The summed E-state index contributed by atoms with van der Waals surface area (Å²) < 4.78 is 6.28. The van der Waals surface area contributed by atoms with Crippen molar-refractivity contribution in [2.45, 2.75) is 89.8 Å². The molecule has 3 unspecified atom stereocenters. The van der Waals surface area contributed by atoms with Crippen molar-refractivity contribution in [1.82, 2.24) is 5.32 Å². The number of carbonyl (C=O) groups is 2. The Morgan fingerprint density at radius 1 is 1.26 bits per heavy atom. The minimum absolute atomic E-state index is 0.0143. The quantitative estimate of drug-likeness (QED) is 0.399. The summed E-state index contributed by atoms with van der Waals surface area (Å²) >= 11 is 1.46. The molecule has 2 bridgehead atoms. The molecule has 3 saturated carbocycles. The molecule has 1 aliphatic heterocycles. The molecule has 192 valence electrons. The Morgan fingerprint density at radius 2 is 2.00 bits per heavy atom. The number of nitrogens with one attached hydrogen (secondary N) is 1. The maximum Gasteiger partial charge on any atom is 0.316 e. The Morgan fingerprint density at radius 3 is 2.68 bits per heavy atom. The molecule has 0 aromatic carbocycles. The Labute approximate surface area is 208 Å². The van der Waals surface area contributed by atoms with Crippen LogP contribution in [-0.2, 0) is 14.3 Å². The highest BCUT2D eigenvalue weighted by Gasteiger charge is 2.68. The second-order valence-electron chi connectivity index (χ2n) is 12.0. The van der Waals surface area contributed by atoms with E-state index in [1.165, 1.54) is 11.8 Å². The molecule has 7 heteroatoms. The van der Waals surface area contributed by atoms with Crippen LogP contribution in [0.3, 0.4) is 0 Å². The molecule has 3 aliphatic carbocycles. The van der Waals surface area contributed by atoms with Gasteiger partial charge in [-0.15, -0.1) is 18.3 Å². The molecule has 6 nitrogen and oxygen atoms in total. The summed E-state index contributed by atoms with van der Waals surface area (Å²) in [7, 11) is 0. The maximum atomic E-state index is 13.4. The van der Waals surface area contributed by atoms with Crippen LogP contribution < -0.4 is 5.32 Å². The summed E-state index contributed by atoms with van der Waals surface area (Å²) in [6.07, 6.45) is 4.72. The van der Waals surface area contributed by atoms with Crippen molar-refractivity contribution in [3.05, 3.63) is 12.7 Å². The lowest BCUT2D eigenvalue weighted by atomic mass is 9.44. The van der Waals surface area contributed by atoms with Gasteiger partial charge in [0.05, 0.1) is 18.0 Å². The smallest absolute Gasteiger partial charge is 0.316 e. The molecule has 0 amide bonds. The number of aliphatic hydroxyl groups excluding tert-OH is 2. The number of hydrogen-bond donors (Lipinski definition) is 3. The van der Waals surface area contributed by atoms with Gasteiger partial charge in [0.2, 0.25) is 0 Å². The third-order valence-electron chi connectivity index (χ3n) is 10.4. The summed E-state index contributed by atoms with van der Waals surface area (Å²) in [5.74, 6) is 0.123. The van der Waals surface area contributed by atoms with Gasteiger partial charge >= 0.3 is 5.97 Å². The molecule has 4 fully saturated rings. The number of ketones is 1. The minimum Gasteiger partial charge on any atom is -0.461 e. The van der Waals surface area contributed by atoms with Crippen LogP contribution in [0, 0.1) is 34.0 Å². The highest BCUT2D eigenvalue weighted by Crippen LogP contribution is 2.68. The highest BCUT2D eigenvalue weighted by atomic mass is 32.2. The van der Waals surface area contributed by atoms with Crippen LogP contribution in [0.1, 0.15) is 66.2 Å². The van der Waals surface area contributed by atoms with Crippen molar-refractivity contribution in [2.24, 2.45) is 34.0 Å². The Kier molecular flexibility index (Phi) is 7.34. The zero-order valence-electron chi connectivity index (χ0n) is 21.2. The number of aliphatic hydroxyl groups is 2. The molecule has 4 rings (SSSR count). The van der Waals surface area contributed by atoms with Crippen LogP contribution in [-0.4, -0.2) is 64.4 Å². The molecule has 10 atom stereocenters. The fourth-order valence-electron chi connectivity index (χ4n) is 7.88. The van der Waals surface area contributed by atoms with E-state index < -0.39 is 29.1 Å². The Hall–Kier alpha value is -0.890. The average Bonchev–Trinajstić information content (AvgIpc) is 3.17. The standard InChI is InChI=1S/C27H43NO5S/c1-6-25(4)13-21(33-22(31)15-34-20-9-12-28-14-19(20)30)26(5)16(2)7-10-27(17(3)24(25)32)11-8-18(29)23(26)27/h6,16-17,19-21,23-24,28,30,32H,1,7-15H2,2-5H3/t16-,17+,19?,20?,21-,23?,24+,25-,26+,27+/m1/s1. The number of piperidine rings is 1. The molecule has 0 radical (unpaired) electrons. The van der Waals surface area contributed by atoms with Gasteiger partial charge < -0.3 is 20.3 Å². The third kappa shape index (κ3) is 4.08. The predicted octanol–water partition coefficient (Wildman–Crippen LogP) is 3.35.